The number of carboxylic acids is 1. The molecule has 1 aliphatic rings. The largest absolute Gasteiger partial charge is 0.496 e. The van der Waals surface area contributed by atoms with Crippen molar-refractivity contribution >= 4 is 45.3 Å². The third-order valence-corrected chi connectivity index (χ3v) is 8.58. The molecule has 222 valence electrons. The van der Waals surface area contributed by atoms with E-state index in [1.54, 1.807) is 63.4 Å². The third kappa shape index (κ3) is 5.74. The summed E-state index contributed by atoms with van der Waals surface area (Å²) in [5.41, 5.74) is 2.54. The maximum absolute atomic E-state index is 14.1. The number of carbonyl (C=O) groups is 2. The highest BCUT2D eigenvalue weighted by Gasteiger charge is 2.36. The van der Waals surface area contributed by atoms with E-state index < -0.39 is 18.0 Å². The zero-order valence-electron chi connectivity index (χ0n) is 24.0. The van der Waals surface area contributed by atoms with Gasteiger partial charge in [0.05, 0.1) is 35.1 Å². The van der Waals surface area contributed by atoms with Crippen LogP contribution in [0.4, 0.5) is 0 Å². The van der Waals surface area contributed by atoms with Crippen LogP contribution in [-0.2, 0) is 9.53 Å². The van der Waals surface area contributed by atoms with Gasteiger partial charge in [-0.1, -0.05) is 52.7 Å². The zero-order chi connectivity index (χ0) is 30.8. The van der Waals surface area contributed by atoms with Crippen molar-refractivity contribution in [3.05, 3.63) is 106 Å². The lowest BCUT2D eigenvalue weighted by atomic mass is 9.93. The molecule has 5 rings (SSSR count). The smallest absolute Gasteiger partial charge is 0.338 e. The first-order valence-electron chi connectivity index (χ1n) is 13.7. The molecule has 0 fully saturated rings. The van der Waals surface area contributed by atoms with Crippen molar-refractivity contribution < 1.29 is 28.6 Å². The summed E-state index contributed by atoms with van der Waals surface area (Å²) >= 11 is 4.72. The van der Waals surface area contributed by atoms with Crippen LogP contribution in [0.3, 0.4) is 0 Å². The van der Waals surface area contributed by atoms with Gasteiger partial charge in [-0.15, -0.1) is 0 Å². The van der Waals surface area contributed by atoms with Gasteiger partial charge in [0.25, 0.3) is 5.56 Å². The van der Waals surface area contributed by atoms with Crippen LogP contribution in [0, 0.1) is 6.92 Å². The van der Waals surface area contributed by atoms with Gasteiger partial charge in [0.15, 0.2) is 4.80 Å². The van der Waals surface area contributed by atoms with Gasteiger partial charge in [0, 0.05) is 21.7 Å². The van der Waals surface area contributed by atoms with Gasteiger partial charge in [0.1, 0.15) is 23.3 Å². The van der Waals surface area contributed by atoms with E-state index in [1.165, 1.54) is 15.9 Å². The van der Waals surface area contributed by atoms with E-state index in [2.05, 4.69) is 15.9 Å². The highest BCUT2D eigenvalue weighted by Crippen LogP contribution is 2.38. The number of halogens is 1. The topological polar surface area (TPSA) is 120 Å². The summed E-state index contributed by atoms with van der Waals surface area (Å²) in [6.07, 6.45) is 2.88. The number of carbonyl (C=O) groups excluding carboxylic acids is 1. The molecule has 4 aromatic rings. The summed E-state index contributed by atoms with van der Waals surface area (Å²) in [6, 6.07) is 13.1. The van der Waals surface area contributed by atoms with Crippen molar-refractivity contribution in [1.29, 1.82) is 0 Å². The molecule has 2 aromatic heterocycles. The molecule has 0 spiro atoms. The van der Waals surface area contributed by atoms with E-state index in [-0.39, 0.29) is 17.7 Å². The standard InChI is InChI=1S/C32H29BrN2O7S/c1-5-8-23-27(31(39)41-6-2)28(22-15-18(33)11-13-24(22)40-4)35-29(36)26(43-32(35)34-23)16-19-12-14-25(42-19)20-9-7-10-21(17(20)3)30(37)38/h7,9-16,28H,5-6,8H2,1-4H3,(H,37,38)/b26-16+/t28-/m0/s1. The number of ether oxygens (including phenoxy) is 2. The Labute approximate surface area is 259 Å². The maximum atomic E-state index is 14.1. The van der Waals surface area contributed by atoms with Crippen LogP contribution in [0.15, 0.2) is 78.5 Å². The van der Waals surface area contributed by atoms with Crippen molar-refractivity contribution in [2.75, 3.05) is 13.7 Å². The lowest BCUT2D eigenvalue weighted by Gasteiger charge is -2.27. The van der Waals surface area contributed by atoms with Crippen molar-refractivity contribution in [3.63, 3.8) is 0 Å². The van der Waals surface area contributed by atoms with Gasteiger partial charge in [-0.2, -0.15) is 0 Å². The fourth-order valence-electron chi connectivity index (χ4n) is 5.17. The highest BCUT2D eigenvalue weighted by atomic mass is 79.9. The molecule has 1 atom stereocenters. The number of esters is 1. The average Bonchev–Trinajstić information content (AvgIpc) is 3.56. The second kappa shape index (κ2) is 12.6. The first kappa shape index (κ1) is 30.2. The molecule has 0 saturated heterocycles. The van der Waals surface area contributed by atoms with Crippen LogP contribution < -0.4 is 19.6 Å². The normalized spacial score (nSPS) is 14.8. The fraction of sp³-hybridized carbons (Fsp3) is 0.250. The Morgan fingerprint density at radius 1 is 1.19 bits per heavy atom. The van der Waals surface area contributed by atoms with Crippen LogP contribution in [0.2, 0.25) is 0 Å². The number of allylic oxidation sites excluding steroid dienone is 1. The SMILES string of the molecule is CCCC1=C(C(=O)OCC)[C@H](c2cc(Br)ccc2OC)n2c(s/c(=C/c3ccc(-c4cccc(C(=O)O)c4C)o3)c2=O)=N1. The molecule has 0 saturated carbocycles. The second-order valence-corrected chi connectivity index (χ2v) is 11.7. The number of benzene rings is 2. The molecule has 0 radical (unpaired) electrons. The van der Waals surface area contributed by atoms with E-state index in [0.717, 1.165) is 10.9 Å². The van der Waals surface area contributed by atoms with E-state index in [9.17, 15) is 19.5 Å². The average molecular weight is 666 g/mol. The molecule has 43 heavy (non-hydrogen) atoms. The van der Waals surface area contributed by atoms with E-state index in [4.69, 9.17) is 18.9 Å². The number of hydrogen-bond acceptors (Lipinski definition) is 8. The Morgan fingerprint density at radius 3 is 2.67 bits per heavy atom. The number of methoxy groups -OCH3 is 1. The van der Waals surface area contributed by atoms with Gasteiger partial charge < -0.3 is 19.0 Å². The van der Waals surface area contributed by atoms with Crippen LogP contribution >= 0.6 is 27.3 Å². The molecule has 3 heterocycles. The summed E-state index contributed by atoms with van der Waals surface area (Å²) in [7, 11) is 1.54. The lowest BCUT2D eigenvalue weighted by Crippen LogP contribution is -2.40. The second-order valence-electron chi connectivity index (χ2n) is 9.79. The molecule has 0 aliphatic carbocycles. The number of aromatic carboxylic acids is 1. The molecular weight excluding hydrogens is 636 g/mol. The number of fused-ring (bicyclic) bond motifs is 1. The summed E-state index contributed by atoms with van der Waals surface area (Å²) in [6.45, 7) is 5.63. The third-order valence-electron chi connectivity index (χ3n) is 7.11. The minimum Gasteiger partial charge on any atom is -0.496 e. The van der Waals surface area contributed by atoms with Gasteiger partial charge in [-0.05, 0) is 62.2 Å². The molecule has 0 unspecified atom stereocenters. The number of thiazole rings is 1. The minimum atomic E-state index is -1.02. The summed E-state index contributed by atoms with van der Waals surface area (Å²) < 4.78 is 19.8. The lowest BCUT2D eigenvalue weighted by molar-refractivity contribution is -0.139. The fourth-order valence-corrected chi connectivity index (χ4v) is 6.55. The van der Waals surface area contributed by atoms with Crippen molar-refractivity contribution in [3.8, 4) is 17.1 Å². The maximum Gasteiger partial charge on any atom is 0.338 e. The summed E-state index contributed by atoms with van der Waals surface area (Å²) in [5.74, 6) is -0.155. The molecule has 2 aromatic carbocycles. The molecule has 1 N–H and O–H groups in total. The Hall–Kier alpha value is -4.22. The predicted octanol–water partition coefficient (Wildman–Crippen LogP) is 5.62. The Balaban J connectivity index is 1.70. The molecule has 9 nitrogen and oxygen atoms in total. The molecule has 1 aliphatic heterocycles. The summed E-state index contributed by atoms with van der Waals surface area (Å²) in [5, 5.41) is 9.51. The Kier molecular flexibility index (Phi) is 8.84. The number of aromatic nitrogens is 1. The van der Waals surface area contributed by atoms with Gasteiger partial charge in [0.2, 0.25) is 0 Å². The van der Waals surface area contributed by atoms with Crippen LogP contribution in [-0.4, -0.2) is 35.3 Å². The van der Waals surface area contributed by atoms with Crippen LogP contribution in [0.5, 0.6) is 5.75 Å². The number of carboxylic acid groups (broad SMARTS) is 1. The minimum absolute atomic E-state index is 0.171. The summed E-state index contributed by atoms with van der Waals surface area (Å²) in [4.78, 5) is 44.4. The number of nitrogens with zero attached hydrogens (tertiary/aromatic N) is 2. The van der Waals surface area contributed by atoms with Gasteiger partial charge >= 0.3 is 11.9 Å². The predicted molar refractivity (Wildman–Crippen MR) is 166 cm³/mol. The van der Waals surface area contributed by atoms with Crippen LogP contribution in [0.25, 0.3) is 17.4 Å². The first-order valence-corrected chi connectivity index (χ1v) is 15.3. The molecular formula is C32H29BrN2O7S. The highest BCUT2D eigenvalue weighted by molar-refractivity contribution is 9.10. The Morgan fingerprint density at radius 2 is 1.98 bits per heavy atom. The molecule has 0 bridgehead atoms. The van der Waals surface area contributed by atoms with Crippen molar-refractivity contribution in [1.82, 2.24) is 4.57 Å². The molecule has 11 heteroatoms. The number of hydrogen-bond donors (Lipinski definition) is 1. The van der Waals surface area contributed by atoms with E-state index in [0.29, 0.717) is 61.0 Å². The Bertz CT molecular complexity index is 1950. The van der Waals surface area contributed by atoms with E-state index >= 15 is 0 Å². The number of furan rings is 1. The number of rotatable bonds is 9. The zero-order valence-corrected chi connectivity index (χ0v) is 26.4. The van der Waals surface area contributed by atoms with Crippen molar-refractivity contribution in [2.24, 2.45) is 4.99 Å². The van der Waals surface area contributed by atoms with E-state index in [1.807, 2.05) is 19.1 Å². The first-order chi connectivity index (χ1) is 20.7. The quantitative estimate of drug-likeness (QED) is 0.231. The van der Waals surface area contributed by atoms with Crippen molar-refractivity contribution in [2.45, 2.75) is 39.7 Å². The van der Waals surface area contributed by atoms with Crippen LogP contribution in [0.1, 0.15) is 60.0 Å². The molecule has 0 amide bonds. The van der Waals surface area contributed by atoms with Gasteiger partial charge in [-0.25, -0.2) is 14.6 Å². The monoisotopic (exact) mass is 664 g/mol. The van der Waals surface area contributed by atoms with Gasteiger partial charge in [-0.3, -0.25) is 9.36 Å².